The van der Waals surface area contributed by atoms with Crippen LogP contribution in [0.3, 0.4) is 0 Å². The lowest BCUT2D eigenvalue weighted by molar-refractivity contribution is 0.476. The molecule has 0 aliphatic rings. The van der Waals surface area contributed by atoms with Gasteiger partial charge in [-0.15, -0.1) is 11.3 Å². The molecule has 0 saturated carbocycles. The molecule has 0 bridgehead atoms. The maximum Gasteiger partial charge on any atom is 0.0285 e. The van der Waals surface area contributed by atoms with Crippen LogP contribution in [0.25, 0.3) is 0 Å². The monoisotopic (exact) mass is 290 g/mol. The molecular weight excluding hydrogens is 272 g/mol. The highest BCUT2D eigenvalue weighted by atomic mass is 79.9. The van der Waals surface area contributed by atoms with E-state index in [1.165, 1.54) is 9.35 Å². The lowest BCUT2D eigenvalue weighted by atomic mass is 9.91. The van der Waals surface area contributed by atoms with Gasteiger partial charge in [-0.05, 0) is 29.0 Å². The highest BCUT2D eigenvalue weighted by Gasteiger charge is 2.21. The fourth-order valence-electron chi connectivity index (χ4n) is 1.37. The quantitative estimate of drug-likeness (QED) is 0.787. The van der Waals surface area contributed by atoms with E-state index in [4.69, 9.17) is 0 Å². The van der Waals surface area contributed by atoms with Crippen LogP contribution in [-0.2, 0) is 5.41 Å². The smallest absolute Gasteiger partial charge is 0.0285 e. The van der Waals surface area contributed by atoms with Crippen molar-refractivity contribution in [3.63, 3.8) is 0 Å². The Hall–Kier alpha value is 0.1000. The van der Waals surface area contributed by atoms with Gasteiger partial charge in [-0.25, -0.2) is 0 Å². The molecule has 0 aromatic carbocycles. The van der Waals surface area contributed by atoms with Gasteiger partial charge in [0.2, 0.25) is 0 Å². The first-order valence-corrected chi connectivity index (χ1v) is 6.83. The maximum atomic E-state index is 3.50. The zero-order valence-corrected chi connectivity index (χ0v) is 12.0. The van der Waals surface area contributed by atoms with Crippen LogP contribution in [0.15, 0.2) is 15.9 Å². The molecular formula is C11H19BrN2S. The van der Waals surface area contributed by atoms with Crippen LogP contribution < -0.4 is 10.6 Å². The van der Waals surface area contributed by atoms with Gasteiger partial charge >= 0.3 is 0 Å². The molecule has 2 nitrogen and oxygen atoms in total. The number of nitrogens with one attached hydrogen (secondary N) is 2. The summed E-state index contributed by atoms with van der Waals surface area (Å²) in [5.41, 5.74) is 0.213. The number of hydrogen-bond donors (Lipinski definition) is 2. The second-order valence-corrected chi connectivity index (χ2v) is 6.12. The van der Waals surface area contributed by atoms with E-state index in [1.807, 2.05) is 18.4 Å². The van der Waals surface area contributed by atoms with Crippen LogP contribution in [0.5, 0.6) is 0 Å². The van der Waals surface area contributed by atoms with Gasteiger partial charge in [0, 0.05) is 39.8 Å². The Labute approximate surface area is 105 Å². The SMILES string of the molecule is CNCCNCC(C)(C)c1cc(Br)cs1. The predicted octanol–water partition coefficient (Wildman–Crippen LogP) is 2.60. The summed E-state index contributed by atoms with van der Waals surface area (Å²) in [6, 6.07) is 2.21. The van der Waals surface area contributed by atoms with Crippen LogP contribution in [0, 0.1) is 0 Å². The van der Waals surface area contributed by atoms with Gasteiger partial charge in [0.25, 0.3) is 0 Å². The fourth-order valence-corrected chi connectivity index (χ4v) is 2.92. The van der Waals surface area contributed by atoms with Crippen molar-refractivity contribution < 1.29 is 0 Å². The summed E-state index contributed by atoms with van der Waals surface area (Å²) >= 11 is 5.32. The Morgan fingerprint density at radius 2 is 2.13 bits per heavy atom. The molecule has 0 radical (unpaired) electrons. The Morgan fingerprint density at radius 1 is 1.40 bits per heavy atom. The predicted molar refractivity (Wildman–Crippen MR) is 71.8 cm³/mol. The van der Waals surface area contributed by atoms with Crippen molar-refractivity contribution in [2.24, 2.45) is 0 Å². The van der Waals surface area contributed by atoms with Crippen molar-refractivity contribution >= 4 is 27.3 Å². The van der Waals surface area contributed by atoms with Crippen LogP contribution in [-0.4, -0.2) is 26.7 Å². The molecule has 0 amide bonds. The number of halogens is 1. The lowest BCUT2D eigenvalue weighted by Crippen LogP contribution is -2.35. The molecule has 0 spiro atoms. The summed E-state index contributed by atoms with van der Waals surface area (Å²) in [4.78, 5) is 1.42. The Bertz CT molecular complexity index is 297. The summed E-state index contributed by atoms with van der Waals surface area (Å²) in [6.45, 7) is 7.60. The van der Waals surface area contributed by atoms with Crippen LogP contribution in [0.2, 0.25) is 0 Å². The zero-order chi connectivity index (χ0) is 11.3. The van der Waals surface area contributed by atoms with Crippen LogP contribution in [0.4, 0.5) is 0 Å². The summed E-state index contributed by atoms with van der Waals surface area (Å²) in [7, 11) is 1.98. The number of likely N-dealkylation sites (N-methyl/N-ethyl adjacent to an activating group) is 1. The van der Waals surface area contributed by atoms with E-state index in [0.29, 0.717) is 0 Å². The summed E-state index contributed by atoms with van der Waals surface area (Å²) in [5.74, 6) is 0. The average molecular weight is 291 g/mol. The fraction of sp³-hybridized carbons (Fsp3) is 0.636. The van der Waals surface area contributed by atoms with Crippen molar-refractivity contribution in [1.29, 1.82) is 0 Å². The first kappa shape index (κ1) is 13.2. The number of hydrogen-bond acceptors (Lipinski definition) is 3. The highest BCUT2D eigenvalue weighted by molar-refractivity contribution is 9.10. The minimum Gasteiger partial charge on any atom is -0.318 e. The van der Waals surface area contributed by atoms with Gasteiger partial charge in [0.05, 0.1) is 0 Å². The van der Waals surface area contributed by atoms with Crippen molar-refractivity contribution in [3.05, 3.63) is 20.8 Å². The van der Waals surface area contributed by atoms with Gasteiger partial charge in [0.1, 0.15) is 0 Å². The third kappa shape index (κ3) is 4.23. The average Bonchev–Trinajstić information content (AvgIpc) is 2.60. The van der Waals surface area contributed by atoms with Gasteiger partial charge in [-0.1, -0.05) is 13.8 Å². The number of rotatable bonds is 6. The molecule has 1 aromatic heterocycles. The Kier molecular flexibility index (Phi) is 5.26. The Balaban J connectivity index is 2.44. The molecule has 2 N–H and O–H groups in total. The van der Waals surface area contributed by atoms with E-state index in [9.17, 15) is 0 Å². The molecule has 1 rings (SSSR count). The standard InChI is InChI=1S/C11H19BrN2S/c1-11(2,8-14-5-4-13-3)10-6-9(12)7-15-10/h6-7,13-14H,4-5,8H2,1-3H3. The molecule has 0 aliphatic heterocycles. The second-order valence-electron chi connectivity index (χ2n) is 4.29. The highest BCUT2D eigenvalue weighted by Crippen LogP contribution is 2.30. The first-order chi connectivity index (χ1) is 7.06. The largest absolute Gasteiger partial charge is 0.318 e. The van der Waals surface area contributed by atoms with E-state index in [-0.39, 0.29) is 5.41 Å². The normalized spacial score (nSPS) is 12.0. The van der Waals surface area contributed by atoms with E-state index >= 15 is 0 Å². The van der Waals surface area contributed by atoms with Crippen molar-refractivity contribution in [2.45, 2.75) is 19.3 Å². The van der Waals surface area contributed by atoms with Gasteiger partial charge in [-0.2, -0.15) is 0 Å². The molecule has 0 atom stereocenters. The molecule has 0 aliphatic carbocycles. The van der Waals surface area contributed by atoms with Gasteiger partial charge < -0.3 is 10.6 Å². The molecule has 15 heavy (non-hydrogen) atoms. The molecule has 0 fully saturated rings. The molecule has 0 unspecified atom stereocenters. The van der Waals surface area contributed by atoms with Crippen LogP contribution in [0.1, 0.15) is 18.7 Å². The topological polar surface area (TPSA) is 24.1 Å². The van der Waals surface area contributed by atoms with Crippen molar-refractivity contribution in [2.75, 3.05) is 26.7 Å². The molecule has 1 aromatic rings. The summed E-state index contributed by atoms with van der Waals surface area (Å²) in [5, 5.41) is 8.74. The lowest BCUT2D eigenvalue weighted by Gasteiger charge is -2.23. The third-order valence-electron chi connectivity index (χ3n) is 2.35. The molecule has 0 saturated heterocycles. The minimum atomic E-state index is 0.213. The van der Waals surface area contributed by atoms with E-state index < -0.39 is 0 Å². The minimum absolute atomic E-state index is 0.213. The molecule has 86 valence electrons. The zero-order valence-electron chi connectivity index (χ0n) is 9.56. The Morgan fingerprint density at radius 3 is 2.67 bits per heavy atom. The molecule has 1 heterocycles. The van der Waals surface area contributed by atoms with E-state index in [0.717, 1.165) is 19.6 Å². The number of thiophene rings is 1. The van der Waals surface area contributed by atoms with E-state index in [2.05, 4.69) is 51.9 Å². The summed E-state index contributed by atoms with van der Waals surface area (Å²) < 4.78 is 1.19. The van der Waals surface area contributed by atoms with Gasteiger partial charge in [-0.3, -0.25) is 0 Å². The van der Waals surface area contributed by atoms with Gasteiger partial charge in [0.15, 0.2) is 0 Å². The summed E-state index contributed by atoms with van der Waals surface area (Å²) in [6.07, 6.45) is 0. The second kappa shape index (κ2) is 5.99. The maximum absolute atomic E-state index is 3.50. The van der Waals surface area contributed by atoms with Crippen molar-refractivity contribution in [1.82, 2.24) is 10.6 Å². The molecule has 4 heteroatoms. The third-order valence-corrected chi connectivity index (χ3v) is 4.41. The van der Waals surface area contributed by atoms with E-state index in [1.54, 1.807) is 0 Å². The van der Waals surface area contributed by atoms with Crippen molar-refractivity contribution in [3.8, 4) is 0 Å². The first-order valence-electron chi connectivity index (χ1n) is 5.16. The van der Waals surface area contributed by atoms with Crippen LogP contribution >= 0.6 is 27.3 Å².